The Bertz CT molecular complexity index is 668. The fraction of sp³-hybridized carbons (Fsp3) is 0.333. The van der Waals surface area contributed by atoms with E-state index >= 15 is 0 Å². The number of amides is 1. The van der Waals surface area contributed by atoms with Crippen LogP contribution in [-0.2, 0) is 11.3 Å². The molecule has 122 valence electrons. The van der Waals surface area contributed by atoms with Crippen LogP contribution in [-0.4, -0.2) is 22.4 Å². The smallest absolute Gasteiger partial charge is 0.233 e. The highest BCUT2D eigenvalue weighted by Gasteiger charge is 2.13. The third-order valence-electron chi connectivity index (χ3n) is 3.63. The first-order valence-electron chi connectivity index (χ1n) is 7.51. The molecule has 0 fully saturated rings. The molecule has 1 unspecified atom stereocenters. The number of aryl methyl sites for hydroxylation is 2. The van der Waals surface area contributed by atoms with Gasteiger partial charge in [-0.15, -0.1) is 0 Å². The largest absolute Gasteiger partial charge is 0.438 e. The first kappa shape index (κ1) is 17.3. The number of nitrogens with zero attached hydrogens (tertiary/aromatic N) is 1. The highest BCUT2D eigenvalue weighted by Crippen LogP contribution is 2.29. The second kappa shape index (κ2) is 8.02. The van der Waals surface area contributed by atoms with E-state index < -0.39 is 0 Å². The zero-order valence-electron chi connectivity index (χ0n) is 13.9. The van der Waals surface area contributed by atoms with Crippen molar-refractivity contribution >= 4 is 17.7 Å². The number of carbonyl (C=O) groups excluding carboxylic acids is 1. The van der Waals surface area contributed by atoms with E-state index in [1.807, 2.05) is 57.4 Å². The third-order valence-corrected chi connectivity index (χ3v) is 4.55. The number of nitrogens with one attached hydrogen (secondary N) is 1. The summed E-state index contributed by atoms with van der Waals surface area (Å²) >= 11 is 1.52. The quantitative estimate of drug-likeness (QED) is 0.874. The second-order valence-corrected chi connectivity index (χ2v) is 6.56. The molecule has 2 rings (SSSR count). The van der Waals surface area contributed by atoms with Gasteiger partial charge in [0.2, 0.25) is 11.8 Å². The van der Waals surface area contributed by atoms with E-state index in [2.05, 4.69) is 10.3 Å². The molecule has 0 saturated carbocycles. The maximum absolute atomic E-state index is 11.9. The van der Waals surface area contributed by atoms with Crippen molar-refractivity contribution in [2.24, 2.45) is 0 Å². The van der Waals surface area contributed by atoms with Gasteiger partial charge in [-0.25, -0.2) is 4.98 Å². The summed E-state index contributed by atoms with van der Waals surface area (Å²) in [5.74, 6) is 1.36. The molecule has 1 aromatic heterocycles. The molecule has 0 aliphatic carbocycles. The molecule has 1 atom stereocenters. The first-order chi connectivity index (χ1) is 11.0. The molecule has 23 heavy (non-hydrogen) atoms. The van der Waals surface area contributed by atoms with E-state index in [-0.39, 0.29) is 11.2 Å². The van der Waals surface area contributed by atoms with Crippen LogP contribution in [0.1, 0.15) is 23.6 Å². The molecular weight excluding hydrogens is 308 g/mol. The number of thioether (sulfide) groups is 1. The molecule has 1 amide bonds. The first-order valence-corrected chi connectivity index (χ1v) is 8.80. The van der Waals surface area contributed by atoms with Gasteiger partial charge in [0, 0.05) is 18.3 Å². The molecule has 2 aromatic rings. The topological polar surface area (TPSA) is 51.2 Å². The Hall–Kier alpha value is -2.01. The Morgan fingerprint density at radius 3 is 2.61 bits per heavy atom. The second-order valence-electron chi connectivity index (χ2n) is 5.39. The van der Waals surface area contributed by atoms with E-state index in [1.54, 1.807) is 6.20 Å². The van der Waals surface area contributed by atoms with Gasteiger partial charge >= 0.3 is 0 Å². The maximum Gasteiger partial charge on any atom is 0.233 e. The lowest BCUT2D eigenvalue weighted by atomic mass is 10.1. The van der Waals surface area contributed by atoms with E-state index in [9.17, 15) is 4.79 Å². The summed E-state index contributed by atoms with van der Waals surface area (Å²) in [7, 11) is 0. The number of pyridine rings is 1. The van der Waals surface area contributed by atoms with E-state index in [0.717, 1.165) is 22.4 Å². The molecule has 1 aromatic carbocycles. The number of carbonyl (C=O) groups is 1. The molecule has 0 bridgehead atoms. The number of para-hydroxylation sites is 1. The lowest BCUT2D eigenvalue weighted by molar-refractivity contribution is -0.120. The zero-order valence-corrected chi connectivity index (χ0v) is 14.7. The van der Waals surface area contributed by atoms with Crippen molar-refractivity contribution in [3.8, 4) is 11.6 Å². The molecule has 1 N–H and O–H groups in total. The molecule has 0 aliphatic rings. The van der Waals surface area contributed by atoms with Gasteiger partial charge in [-0.3, -0.25) is 4.79 Å². The molecule has 0 saturated heterocycles. The van der Waals surface area contributed by atoms with Crippen LogP contribution in [0.3, 0.4) is 0 Å². The van der Waals surface area contributed by atoms with E-state index in [1.165, 1.54) is 11.8 Å². The molecule has 1 heterocycles. The third kappa shape index (κ3) is 4.48. The maximum atomic E-state index is 11.9. The average Bonchev–Trinajstić information content (AvgIpc) is 2.56. The number of hydrogen-bond donors (Lipinski definition) is 1. The summed E-state index contributed by atoms with van der Waals surface area (Å²) in [6, 6.07) is 9.78. The zero-order chi connectivity index (χ0) is 16.8. The summed E-state index contributed by atoms with van der Waals surface area (Å²) < 4.78 is 6.02. The molecule has 5 heteroatoms. The average molecular weight is 330 g/mol. The molecule has 0 radical (unpaired) electrons. The minimum atomic E-state index is -0.0744. The number of ether oxygens (including phenoxy) is 1. The van der Waals surface area contributed by atoms with Crippen LogP contribution in [0.4, 0.5) is 0 Å². The standard InChI is InChI=1S/C18H22N2O2S/c1-12-7-5-8-13(2)16(12)22-18-15(9-6-10-19-18)11-20-17(21)14(3)23-4/h5-10,14H,11H2,1-4H3,(H,20,21). The van der Waals surface area contributed by atoms with Crippen molar-refractivity contribution in [1.82, 2.24) is 10.3 Å². The fourth-order valence-electron chi connectivity index (χ4n) is 2.14. The highest BCUT2D eigenvalue weighted by atomic mass is 32.2. The minimum absolute atomic E-state index is 0.0133. The Morgan fingerprint density at radius 1 is 1.26 bits per heavy atom. The van der Waals surface area contributed by atoms with Crippen LogP contribution < -0.4 is 10.1 Å². The van der Waals surface area contributed by atoms with Gasteiger partial charge in [0.25, 0.3) is 0 Å². The van der Waals surface area contributed by atoms with Crippen molar-refractivity contribution in [2.75, 3.05) is 6.26 Å². The van der Waals surface area contributed by atoms with Crippen molar-refractivity contribution in [2.45, 2.75) is 32.6 Å². The number of benzene rings is 1. The van der Waals surface area contributed by atoms with Gasteiger partial charge in [0.15, 0.2) is 0 Å². The van der Waals surface area contributed by atoms with Crippen molar-refractivity contribution in [3.05, 3.63) is 53.2 Å². The molecule has 0 spiro atoms. The van der Waals surface area contributed by atoms with Gasteiger partial charge in [0.05, 0.1) is 5.25 Å². The monoisotopic (exact) mass is 330 g/mol. The van der Waals surface area contributed by atoms with Crippen LogP contribution in [0.15, 0.2) is 36.5 Å². The van der Waals surface area contributed by atoms with Crippen molar-refractivity contribution in [1.29, 1.82) is 0 Å². The van der Waals surface area contributed by atoms with E-state index in [4.69, 9.17) is 4.74 Å². The van der Waals surface area contributed by atoms with Gasteiger partial charge in [-0.2, -0.15) is 11.8 Å². The predicted molar refractivity (Wildman–Crippen MR) is 95.1 cm³/mol. The number of aromatic nitrogens is 1. The normalized spacial score (nSPS) is 11.8. The minimum Gasteiger partial charge on any atom is -0.438 e. The summed E-state index contributed by atoms with van der Waals surface area (Å²) in [6.45, 7) is 6.30. The van der Waals surface area contributed by atoms with Crippen molar-refractivity contribution in [3.63, 3.8) is 0 Å². The summed E-state index contributed by atoms with van der Waals surface area (Å²) in [4.78, 5) is 16.3. The molecular formula is C18H22N2O2S. The Balaban J connectivity index is 2.16. The van der Waals surface area contributed by atoms with Crippen LogP contribution in [0, 0.1) is 13.8 Å². The summed E-state index contributed by atoms with van der Waals surface area (Å²) in [5.41, 5.74) is 2.97. The van der Waals surface area contributed by atoms with Crippen LogP contribution in [0.25, 0.3) is 0 Å². The lowest BCUT2D eigenvalue weighted by Crippen LogP contribution is -2.30. The van der Waals surface area contributed by atoms with Crippen LogP contribution in [0.5, 0.6) is 11.6 Å². The van der Waals surface area contributed by atoms with E-state index in [0.29, 0.717) is 12.4 Å². The lowest BCUT2D eigenvalue weighted by Gasteiger charge is -2.15. The van der Waals surface area contributed by atoms with Gasteiger partial charge in [0.1, 0.15) is 5.75 Å². The fourth-order valence-corrected chi connectivity index (χ4v) is 2.44. The van der Waals surface area contributed by atoms with Gasteiger partial charge in [-0.05, 0) is 44.2 Å². The Kier molecular flexibility index (Phi) is 6.04. The number of hydrogen-bond acceptors (Lipinski definition) is 4. The SMILES string of the molecule is CSC(C)C(=O)NCc1cccnc1Oc1c(C)cccc1C. The molecule has 0 aliphatic heterocycles. The number of rotatable bonds is 6. The predicted octanol–water partition coefficient (Wildman–Crippen LogP) is 3.86. The highest BCUT2D eigenvalue weighted by molar-refractivity contribution is 7.99. The van der Waals surface area contributed by atoms with Crippen LogP contribution in [0.2, 0.25) is 0 Å². The van der Waals surface area contributed by atoms with Crippen LogP contribution >= 0.6 is 11.8 Å². The Labute approximate surface area is 141 Å². The Morgan fingerprint density at radius 2 is 1.96 bits per heavy atom. The van der Waals surface area contributed by atoms with Gasteiger partial charge in [-0.1, -0.05) is 24.3 Å². The molecule has 4 nitrogen and oxygen atoms in total. The summed E-state index contributed by atoms with van der Waals surface area (Å²) in [5, 5.41) is 2.85. The van der Waals surface area contributed by atoms with Gasteiger partial charge < -0.3 is 10.1 Å². The summed E-state index contributed by atoms with van der Waals surface area (Å²) in [6.07, 6.45) is 3.61. The van der Waals surface area contributed by atoms with Crippen molar-refractivity contribution < 1.29 is 9.53 Å².